The van der Waals surface area contributed by atoms with Crippen molar-refractivity contribution >= 4 is 17.6 Å². The summed E-state index contributed by atoms with van der Waals surface area (Å²) in [4.78, 5) is 23.0. The number of aromatic carboxylic acids is 1. The van der Waals surface area contributed by atoms with E-state index >= 15 is 0 Å². The van der Waals surface area contributed by atoms with Gasteiger partial charge in [-0.3, -0.25) is 4.79 Å². The molecule has 2 rings (SSSR count). The van der Waals surface area contributed by atoms with Gasteiger partial charge in [-0.1, -0.05) is 0 Å². The van der Waals surface area contributed by atoms with Gasteiger partial charge in [0.05, 0.1) is 5.56 Å². The summed E-state index contributed by atoms with van der Waals surface area (Å²) in [5, 5.41) is 11.6. The molecule has 0 aliphatic carbocycles. The van der Waals surface area contributed by atoms with Gasteiger partial charge in [-0.05, 0) is 61.4 Å². The van der Waals surface area contributed by atoms with Gasteiger partial charge in [-0.2, -0.15) is 0 Å². The Morgan fingerprint density at radius 2 is 1.62 bits per heavy atom. The number of aryl methyl sites for hydroxylation is 2. The first-order chi connectivity index (χ1) is 9.88. The van der Waals surface area contributed by atoms with E-state index in [2.05, 4.69) is 5.32 Å². The van der Waals surface area contributed by atoms with E-state index in [1.54, 1.807) is 13.8 Å². The van der Waals surface area contributed by atoms with Crippen LogP contribution in [0.4, 0.5) is 10.1 Å². The highest BCUT2D eigenvalue weighted by Gasteiger charge is 2.11. The third-order valence-corrected chi connectivity index (χ3v) is 3.14. The summed E-state index contributed by atoms with van der Waals surface area (Å²) in [5.41, 5.74) is 2.05. The number of amides is 1. The molecule has 0 spiro atoms. The van der Waals surface area contributed by atoms with Crippen LogP contribution < -0.4 is 5.32 Å². The van der Waals surface area contributed by atoms with Crippen molar-refractivity contribution in [3.05, 3.63) is 64.5 Å². The Morgan fingerprint density at radius 3 is 2.19 bits per heavy atom. The molecule has 0 aliphatic rings. The fraction of sp³-hybridized carbons (Fsp3) is 0.125. The molecular weight excluding hydrogens is 273 g/mol. The van der Waals surface area contributed by atoms with E-state index in [9.17, 15) is 14.0 Å². The lowest BCUT2D eigenvalue weighted by Crippen LogP contribution is -2.13. The Kier molecular flexibility index (Phi) is 4.03. The molecule has 2 N–H and O–H groups in total. The normalized spacial score (nSPS) is 10.2. The van der Waals surface area contributed by atoms with E-state index in [0.717, 1.165) is 0 Å². The molecule has 0 heterocycles. The number of hydrogen-bond acceptors (Lipinski definition) is 2. The van der Waals surface area contributed by atoms with Gasteiger partial charge in [-0.25, -0.2) is 9.18 Å². The highest BCUT2D eigenvalue weighted by atomic mass is 19.1. The molecule has 2 aromatic carbocycles. The molecule has 1 amide bonds. The van der Waals surface area contributed by atoms with E-state index in [1.165, 1.54) is 36.4 Å². The van der Waals surface area contributed by atoms with Crippen LogP contribution in [0.5, 0.6) is 0 Å². The number of carboxylic acids is 1. The Hall–Kier alpha value is -2.69. The summed E-state index contributed by atoms with van der Waals surface area (Å²) in [6.45, 7) is 3.29. The highest BCUT2D eigenvalue weighted by Crippen LogP contribution is 2.18. The molecule has 108 valence electrons. The molecule has 0 bridgehead atoms. The van der Waals surface area contributed by atoms with E-state index in [-0.39, 0.29) is 17.3 Å². The van der Waals surface area contributed by atoms with Crippen LogP contribution in [0.1, 0.15) is 31.8 Å². The second-order valence-corrected chi connectivity index (χ2v) is 4.75. The number of rotatable bonds is 3. The molecule has 4 nitrogen and oxygen atoms in total. The zero-order valence-corrected chi connectivity index (χ0v) is 11.6. The summed E-state index contributed by atoms with van der Waals surface area (Å²) in [7, 11) is 0. The molecule has 0 saturated carbocycles. The fourth-order valence-electron chi connectivity index (χ4n) is 1.92. The predicted octanol–water partition coefficient (Wildman–Crippen LogP) is 3.39. The van der Waals surface area contributed by atoms with Crippen molar-refractivity contribution < 1.29 is 19.1 Å². The number of hydrogen-bond donors (Lipinski definition) is 2. The first-order valence-corrected chi connectivity index (χ1v) is 6.30. The maximum atomic E-state index is 13.2. The van der Waals surface area contributed by atoms with Crippen LogP contribution in [0.25, 0.3) is 0 Å². The second-order valence-electron chi connectivity index (χ2n) is 4.75. The van der Waals surface area contributed by atoms with Crippen molar-refractivity contribution in [2.24, 2.45) is 0 Å². The lowest BCUT2D eigenvalue weighted by Gasteiger charge is -2.09. The summed E-state index contributed by atoms with van der Waals surface area (Å²) >= 11 is 0. The summed E-state index contributed by atoms with van der Waals surface area (Å²) < 4.78 is 13.2. The highest BCUT2D eigenvalue weighted by molar-refractivity contribution is 6.05. The Labute approximate surface area is 121 Å². The third kappa shape index (κ3) is 3.25. The van der Waals surface area contributed by atoms with Crippen LogP contribution in [0.3, 0.4) is 0 Å². The number of carbonyl (C=O) groups is 2. The van der Waals surface area contributed by atoms with Gasteiger partial charge in [0.2, 0.25) is 0 Å². The summed E-state index contributed by atoms with van der Waals surface area (Å²) in [5.74, 6) is -1.76. The summed E-state index contributed by atoms with van der Waals surface area (Å²) in [6.07, 6.45) is 0. The minimum atomic E-state index is -1.02. The predicted molar refractivity (Wildman–Crippen MR) is 77.2 cm³/mol. The third-order valence-electron chi connectivity index (χ3n) is 3.14. The molecule has 21 heavy (non-hydrogen) atoms. The largest absolute Gasteiger partial charge is 0.478 e. The minimum absolute atomic E-state index is 0.156. The van der Waals surface area contributed by atoms with Crippen molar-refractivity contribution in [3.63, 3.8) is 0 Å². The molecule has 0 atom stereocenters. The molecule has 0 unspecified atom stereocenters. The minimum Gasteiger partial charge on any atom is -0.478 e. The number of benzene rings is 2. The van der Waals surface area contributed by atoms with Crippen LogP contribution in [-0.2, 0) is 0 Å². The molecule has 0 saturated heterocycles. The van der Waals surface area contributed by atoms with Crippen molar-refractivity contribution in [1.29, 1.82) is 0 Å². The molecular formula is C16H14FNO3. The van der Waals surface area contributed by atoms with Gasteiger partial charge in [0.25, 0.3) is 5.91 Å². The average Bonchev–Trinajstić information content (AvgIpc) is 2.43. The maximum Gasteiger partial charge on any atom is 0.335 e. The lowest BCUT2D eigenvalue weighted by atomic mass is 10.1. The summed E-state index contributed by atoms with van der Waals surface area (Å²) in [6, 6.07) is 8.54. The van der Waals surface area contributed by atoms with Crippen LogP contribution in [-0.4, -0.2) is 17.0 Å². The van der Waals surface area contributed by atoms with Gasteiger partial charge in [0.15, 0.2) is 0 Å². The molecule has 5 heteroatoms. The van der Waals surface area contributed by atoms with E-state index < -0.39 is 5.97 Å². The first-order valence-electron chi connectivity index (χ1n) is 6.30. The van der Waals surface area contributed by atoms with Crippen molar-refractivity contribution in [3.8, 4) is 0 Å². The number of nitrogens with one attached hydrogen (secondary N) is 1. The number of anilines is 1. The zero-order chi connectivity index (χ0) is 15.6. The van der Waals surface area contributed by atoms with Crippen LogP contribution in [0.15, 0.2) is 36.4 Å². The van der Waals surface area contributed by atoms with Gasteiger partial charge < -0.3 is 10.4 Å². The Bertz CT molecular complexity index is 725. The number of carboxylic acid groups (broad SMARTS) is 1. The van der Waals surface area contributed by atoms with Crippen molar-refractivity contribution in [2.75, 3.05) is 5.32 Å². The van der Waals surface area contributed by atoms with Gasteiger partial charge in [-0.15, -0.1) is 0 Å². The molecule has 0 aromatic heterocycles. The van der Waals surface area contributed by atoms with Gasteiger partial charge in [0.1, 0.15) is 5.82 Å². The van der Waals surface area contributed by atoms with Crippen LogP contribution >= 0.6 is 0 Å². The quantitative estimate of drug-likeness (QED) is 0.909. The Balaban J connectivity index is 2.23. The van der Waals surface area contributed by atoms with Crippen molar-refractivity contribution in [1.82, 2.24) is 0 Å². The standard InChI is InChI=1S/C16H14FNO3/c1-9-7-11(3-5-13(9)17)15(19)18-14-6-4-12(16(20)21)8-10(14)2/h3-8H,1-2H3,(H,18,19)(H,20,21). The lowest BCUT2D eigenvalue weighted by molar-refractivity contribution is 0.0696. The van der Waals surface area contributed by atoms with E-state index in [0.29, 0.717) is 22.4 Å². The molecule has 2 aromatic rings. The SMILES string of the molecule is Cc1cc(C(=O)Nc2ccc(C(=O)O)cc2C)ccc1F. The van der Waals surface area contributed by atoms with Crippen LogP contribution in [0, 0.1) is 19.7 Å². The average molecular weight is 287 g/mol. The zero-order valence-electron chi connectivity index (χ0n) is 11.6. The topological polar surface area (TPSA) is 66.4 Å². The molecule has 0 fully saturated rings. The monoisotopic (exact) mass is 287 g/mol. The first kappa shape index (κ1) is 14.7. The van der Waals surface area contributed by atoms with E-state index in [1.807, 2.05) is 0 Å². The smallest absolute Gasteiger partial charge is 0.335 e. The van der Waals surface area contributed by atoms with Crippen LogP contribution in [0.2, 0.25) is 0 Å². The molecule has 0 aliphatic heterocycles. The second kappa shape index (κ2) is 5.75. The number of carbonyl (C=O) groups excluding carboxylic acids is 1. The molecule has 0 radical (unpaired) electrons. The van der Waals surface area contributed by atoms with Gasteiger partial charge >= 0.3 is 5.97 Å². The maximum absolute atomic E-state index is 13.2. The number of halogens is 1. The van der Waals surface area contributed by atoms with E-state index in [4.69, 9.17) is 5.11 Å². The fourth-order valence-corrected chi connectivity index (χ4v) is 1.92. The van der Waals surface area contributed by atoms with Gasteiger partial charge in [0, 0.05) is 11.3 Å². The van der Waals surface area contributed by atoms with Crippen molar-refractivity contribution in [2.45, 2.75) is 13.8 Å². The Morgan fingerprint density at radius 1 is 1.00 bits per heavy atom.